The third kappa shape index (κ3) is 5.98. The Hall–Kier alpha value is -3.78. The molecule has 3 heterocycles. The summed E-state index contributed by atoms with van der Waals surface area (Å²) in [5.41, 5.74) is 3.92. The van der Waals surface area contributed by atoms with E-state index >= 15 is 0 Å². The Balaban J connectivity index is 1.27. The topological polar surface area (TPSA) is 134 Å². The van der Waals surface area contributed by atoms with E-state index in [1.54, 1.807) is 36.4 Å². The number of ether oxygens (including phenoxy) is 2. The predicted molar refractivity (Wildman–Crippen MR) is 151 cm³/mol. The number of methoxy groups -OCH3 is 1. The highest BCUT2D eigenvalue weighted by molar-refractivity contribution is 7.99. The molecular weight excluding hydrogens is 568 g/mol. The number of carbonyl (C=O) groups is 2. The lowest BCUT2D eigenvalue weighted by Gasteiger charge is -2.26. The van der Waals surface area contributed by atoms with Crippen LogP contribution in [0.15, 0.2) is 69.1 Å². The fourth-order valence-corrected chi connectivity index (χ4v) is 6.72. The molecule has 0 aliphatic carbocycles. The molecule has 1 saturated heterocycles. The number of rotatable bonds is 9. The molecular formula is C28H28N4O7S2. The number of thioether (sulfide) groups is 1. The molecule has 0 N–H and O–H groups in total. The van der Waals surface area contributed by atoms with Gasteiger partial charge in [0.15, 0.2) is 5.78 Å². The molecule has 0 unspecified atom stereocenters. The summed E-state index contributed by atoms with van der Waals surface area (Å²) >= 11 is 1.11. The lowest BCUT2D eigenvalue weighted by Crippen LogP contribution is -2.40. The zero-order valence-corrected chi connectivity index (χ0v) is 24.3. The predicted octanol–water partition coefficient (Wildman–Crippen LogP) is 3.93. The van der Waals surface area contributed by atoms with E-state index in [-0.39, 0.29) is 27.5 Å². The van der Waals surface area contributed by atoms with Gasteiger partial charge >= 0.3 is 5.97 Å². The van der Waals surface area contributed by atoms with Gasteiger partial charge in [-0.3, -0.25) is 4.79 Å². The zero-order valence-electron chi connectivity index (χ0n) is 22.7. The molecule has 0 atom stereocenters. The fourth-order valence-electron chi connectivity index (χ4n) is 4.62. The highest BCUT2D eigenvalue weighted by Gasteiger charge is 2.27. The number of esters is 1. The van der Waals surface area contributed by atoms with Crippen LogP contribution in [0.3, 0.4) is 0 Å². The standard InChI is InChI=1S/C28H28N4O7S2/c1-18-15-24(19(2)32(18)22-9-7-20(8-10-22)27(34)37-3)25(33)17-40-28-30-29-26(39-28)21-5-4-6-23(16-21)41(35,36)31-11-13-38-14-12-31/h4-10,15-16H,11-14,17H2,1-3H3. The maximum Gasteiger partial charge on any atom is 0.337 e. The molecule has 0 radical (unpaired) electrons. The second-order valence-electron chi connectivity index (χ2n) is 9.29. The maximum atomic E-state index is 13.1. The van der Waals surface area contributed by atoms with Crippen LogP contribution in [0.1, 0.15) is 32.1 Å². The molecule has 4 aromatic rings. The van der Waals surface area contributed by atoms with Crippen LogP contribution in [-0.2, 0) is 19.5 Å². The fraction of sp³-hybridized carbons (Fsp3) is 0.286. The van der Waals surface area contributed by atoms with Crippen molar-refractivity contribution in [2.45, 2.75) is 24.0 Å². The van der Waals surface area contributed by atoms with E-state index in [1.165, 1.54) is 23.5 Å². The molecule has 1 aliphatic rings. The molecule has 41 heavy (non-hydrogen) atoms. The van der Waals surface area contributed by atoms with Crippen molar-refractivity contribution in [3.05, 3.63) is 77.1 Å². The largest absolute Gasteiger partial charge is 0.465 e. The zero-order chi connectivity index (χ0) is 29.1. The Morgan fingerprint density at radius 1 is 1.02 bits per heavy atom. The lowest BCUT2D eigenvalue weighted by atomic mass is 10.2. The number of ketones is 1. The highest BCUT2D eigenvalue weighted by atomic mass is 32.2. The molecule has 0 saturated carbocycles. The van der Waals surface area contributed by atoms with Crippen LogP contribution in [0.5, 0.6) is 0 Å². The number of Topliss-reactive ketones (excluding diaryl/α,β-unsaturated/α-hetero) is 1. The van der Waals surface area contributed by atoms with Crippen molar-refractivity contribution < 1.29 is 31.9 Å². The summed E-state index contributed by atoms with van der Waals surface area (Å²) < 4.78 is 45.2. The number of sulfonamides is 1. The number of hydrogen-bond acceptors (Lipinski definition) is 10. The van der Waals surface area contributed by atoms with Gasteiger partial charge in [-0.05, 0) is 62.4 Å². The first-order valence-corrected chi connectivity index (χ1v) is 15.2. The molecule has 2 aromatic carbocycles. The minimum atomic E-state index is -3.68. The van der Waals surface area contributed by atoms with Crippen LogP contribution in [0.4, 0.5) is 0 Å². The van der Waals surface area contributed by atoms with Gasteiger partial charge in [-0.1, -0.05) is 17.8 Å². The Bertz CT molecular complexity index is 1690. The quantitative estimate of drug-likeness (QED) is 0.159. The first-order valence-electron chi connectivity index (χ1n) is 12.7. The highest BCUT2D eigenvalue weighted by Crippen LogP contribution is 2.28. The van der Waals surface area contributed by atoms with Crippen LogP contribution in [0, 0.1) is 13.8 Å². The van der Waals surface area contributed by atoms with Gasteiger partial charge in [0.05, 0.1) is 36.5 Å². The summed E-state index contributed by atoms with van der Waals surface area (Å²) in [6.07, 6.45) is 0. The second-order valence-corrected chi connectivity index (χ2v) is 12.2. The van der Waals surface area contributed by atoms with Gasteiger partial charge in [0.25, 0.3) is 5.22 Å². The number of benzene rings is 2. The normalized spacial score (nSPS) is 14.2. The van der Waals surface area contributed by atoms with E-state index in [0.29, 0.717) is 43.0 Å². The van der Waals surface area contributed by atoms with Crippen LogP contribution < -0.4 is 0 Å². The Kier molecular flexibility index (Phi) is 8.40. The molecule has 0 bridgehead atoms. The van der Waals surface area contributed by atoms with E-state index in [1.807, 2.05) is 24.5 Å². The third-order valence-corrected chi connectivity index (χ3v) is 9.41. The Morgan fingerprint density at radius 3 is 2.46 bits per heavy atom. The van der Waals surface area contributed by atoms with Crippen molar-refractivity contribution in [2.24, 2.45) is 0 Å². The summed E-state index contributed by atoms with van der Waals surface area (Å²) in [6.45, 7) is 5.08. The third-order valence-electron chi connectivity index (χ3n) is 6.70. The number of nitrogens with zero attached hydrogens (tertiary/aromatic N) is 4. The summed E-state index contributed by atoms with van der Waals surface area (Å²) in [5, 5.41) is 8.29. The van der Waals surface area contributed by atoms with Crippen LogP contribution in [0.25, 0.3) is 17.1 Å². The van der Waals surface area contributed by atoms with Crippen molar-refractivity contribution in [3.8, 4) is 17.1 Å². The lowest BCUT2D eigenvalue weighted by molar-refractivity contribution is 0.0600. The Labute approximate surface area is 241 Å². The van der Waals surface area contributed by atoms with Gasteiger partial charge in [0.1, 0.15) is 0 Å². The molecule has 1 fully saturated rings. The molecule has 5 rings (SSSR count). The van der Waals surface area contributed by atoms with E-state index in [9.17, 15) is 18.0 Å². The maximum absolute atomic E-state index is 13.1. The van der Waals surface area contributed by atoms with Crippen LogP contribution in [-0.4, -0.2) is 78.4 Å². The molecule has 214 valence electrons. The number of aromatic nitrogens is 3. The average Bonchev–Trinajstić information content (AvgIpc) is 3.60. The molecule has 2 aromatic heterocycles. The van der Waals surface area contributed by atoms with Crippen LogP contribution >= 0.6 is 11.8 Å². The minimum Gasteiger partial charge on any atom is -0.465 e. The molecule has 1 aliphatic heterocycles. The first-order chi connectivity index (χ1) is 19.7. The number of aryl methyl sites for hydroxylation is 1. The van der Waals surface area contributed by atoms with E-state index in [2.05, 4.69) is 10.2 Å². The van der Waals surface area contributed by atoms with E-state index in [0.717, 1.165) is 28.8 Å². The average molecular weight is 597 g/mol. The Morgan fingerprint density at radius 2 is 1.76 bits per heavy atom. The van der Waals surface area contributed by atoms with Gasteiger partial charge in [-0.15, -0.1) is 10.2 Å². The number of hydrogen-bond donors (Lipinski definition) is 0. The van der Waals surface area contributed by atoms with Crippen molar-refractivity contribution in [1.29, 1.82) is 0 Å². The molecule has 0 spiro atoms. The smallest absolute Gasteiger partial charge is 0.337 e. The van der Waals surface area contributed by atoms with Gasteiger partial charge in [0, 0.05) is 41.3 Å². The first kappa shape index (κ1) is 28.7. The monoisotopic (exact) mass is 596 g/mol. The number of morpholine rings is 1. The van der Waals surface area contributed by atoms with Gasteiger partial charge < -0.3 is 18.5 Å². The van der Waals surface area contributed by atoms with Crippen molar-refractivity contribution in [3.63, 3.8) is 0 Å². The van der Waals surface area contributed by atoms with Gasteiger partial charge in [0.2, 0.25) is 15.9 Å². The summed E-state index contributed by atoms with van der Waals surface area (Å²) in [5.74, 6) is -0.301. The van der Waals surface area contributed by atoms with Crippen molar-refractivity contribution in [2.75, 3.05) is 39.2 Å². The van der Waals surface area contributed by atoms with Crippen molar-refractivity contribution >= 4 is 33.5 Å². The summed E-state index contributed by atoms with van der Waals surface area (Å²) in [6, 6.07) is 15.1. The minimum absolute atomic E-state index is 0.0681. The van der Waals surface area contributed by atoms with Crippen molar-refractivity contribution in [1.82, 2.24) is 19.1 Å². The van der Waals surface area contributed by atoms with E-state index < -0.39 is 16.0 Å². The summed E-state index contributed by atoms with van der Waals surface area (Å²) in [7, 11) is -2.35. The number of carbonyl (C=O) groups excluding carboxylic acids is 2. The van der Waals surface area contributed by atoms with Gasteiger partial charge in [-0.2, -0.15) is 4.31 Å². The molecule has 13 heteroatoms. The molecule has 0 amide bonds. The molecule has 11 nitrogen and oxygen atoms in total. The summed E-state index contributed by atoms with van der Waals surface area (Å²) in [4.78, 5) is 25.0. The van der Waals surface area contributed by atoms with E-state index in [4.69, 9.17) is 13.9 Å². The SMILES string of the molecule is COC(=O)c1ccc(-n2c(C)cc(C(=O)CSc3nnc(-c4cccc(S(=O)(=O)N5CCOCC5)c4)o3)c2C)cc1. The second kappa shape index (κ2) is 12.0. The van der Waals surface area contributed by atoms with Gasteiger partial charge in [-0.25, -0.2) is 13.2 Å². The van der Waals surface area contributed by atoms with Crippen LogP contribution in [0.2, 0.25) is 0 Å².